The lowest BCUT2D eigenvalue weighted by Gasteiger charge is -2.32. The number of nitrogens with zero attached hydrogens (tertiary/aromatic N) is 3. The minimum Gasteiger partial charge on any atom is -0.402 e. The average Bonchev–Trinajstić information content (AvgIpc) is 3.17. The van der Waals surface area contributed by atoms with Gasteiger partial charge in [0.2, 0.25) is 15.9 Å². The van der Waals surface area contributed by atoms with E-state index in [0.717, 1.165) is 24.0 Å². The molecule has 1 aliphatic rings. The summed E-state index contributed by atoms with van der Waals surface area (Å²) in [6, 6.07) is 2.92. The van der Waals surface area contributed by atoms with E-state index in [1.165, 1.54) is 15.6 Å². The molecular weight excluding hydrogens is 340 g/mol. The summed E-state index contributed by atoms with van der Waals surface area (Å²) in [5.74, 6) is -0.129. The summed E-state index contributed by atoms with van der Waals surface area (Å²) in [4.78, 5) is 13.2. The molecule has 1 fully saturated rings. The molecule has 0 spiro atoms. The Morgan fingerprint density at radius 1 is 1.43 bits per heavy atom. The first-order valence-corrected chi connectivity index (χ1v) is 9.83. The smallest absolute Gasteiger partial charge is 0.322 e. The van der Waals surface area contributed by atoms with Crippen molar-refractivity contribution in [3.05, 3.63) is 17.5 Å². The fourth-order valence-electron chi connectivity index (χ4n) is 2.53. The molecule has 0 aliphatic carbocycles. The summed E-state index contributed by atoms with van der Waals surface area (Å²) in [6.07, 6.45) is 3.14. The van der Waals surface area contributed by atoms with Gasteiger partial charge in [0.1, 0.15) is 6.04 Å². The van der Waals surface area contributed by atoms with Gasteiger partial charge in [-0.2, -0.15) is 4.31 Å². The highest BCUT2D eigenvalue weighted by Gasteiger charge is 2.35. The molecule has 3 rings (SSSR count). The molecule has 0 unspecified atom stereocenters. The van der Waals surface area contributed by atoms with E-state index in [9.17, 15) is 13.2 Å². The quantitative estimate of drug-likeness (QED) is 0.891. The number of amides is 1. The lowest BCUT2D eigenvalue weighted by Crippen LogP contribution is -2.49. The van der Waals surface area contributed by atoms with Crippen LogP contribution in [0.3, 0.4) is 0 Å². The maximum atomic E-state index is 12.4. The number of sulfonamides is 1. The molecule has 0 radical (unpaired) electrons. The number of nitrogens with one attached hydrogen (secondary N) is 1. The minimum atomic E-state index is -3.44. The molecule has 2 aromatic rings. The number of hydrogen-bond acceptors (Lipinski definition) is 7. The molecule has 1 saturated heterocycles. The van der Waals surface area contributed by atoms with E-state index >= 15 is 0 Å². The van der Waals surface area contributed by atoms with Gasteiger partial charge in [0.05, 0.1) is 11.1 Å². The van der Waals surface area contributed by atoms with Crippen LogP contribution in [0.1, 0.15) is 19.3 Å². The molecule has 0 aromatic carbocycles. The lowest BCUT2D eigenvalue weighted by atomic mass is 10.0. The van der Waals surface area contributed by atoms with Crippen LogP contribution in [-0.2, 0) is 14.8 Å². The van der Waals surface area contributed by atoms with Crippen LogP contribution in [0.15, 0.2) is 21.9 Å². The van der Waals surface area contributed by atoms with E-state index in [2.05, 4.69) is 15.5 Å². The first kappa shape index (κ1) is 16.1. The molecule has 23 heavy (non-hydrogen) atoms. The van der Waals surface area contributed by atoms with Crippen LogP contribution in [0.25, 0.3) is 10.8 Å². The predicted octanol–water partition coefficient (Wildman–Crippen LogP) is 1.55. The minimum absolute atomic E-state index is 0.0302. The monoisotopic (exact) mass is 356 g/mol. The molecule has 1 amide bonds. The van der Waals surface area contributed by atoms with Gasteiger partial charge in [-0.1, -0.05) is 17.6 Å². The van der Waals surface area contributed by atoms with Crippen molar-refractivity contribution < 1.29 is 17.6 Å². The Labute approximate surface area is 137 Å². The van der Waals surface area contributed by atoms with Crippen LogP contribution < -0.4 is 5.32 Å². The molecule has 2 aromatic heterocycles. The van der Waals surface area contributed by atoms with Crippen molar-refractivity contribution in [1.29, 1.82) is 0 Å². The van der Waals surface area contributed by atoms with Gasteiger partial charge >= 0.3 is 6.01 Å². The zero-order valence-electron chi connectivity index (χ0n) is 12.4. The van der Waals surface area contributed by atoms with Crippen LogP contribution in [0.2, 0.25) is 0 Å². The van der Waals surface area contributed by atoms with Crippen molar-refractivity contribution in [2.75, 3.05) is 18.1 Å². The topological polar surface area (TPSA) is 105 Å². The molecule has 3 heterocycles. The lowest BCUT2D eigenvalue weighted by molar-refractivity contribution is -0.120. The number of piperidine rings is 1. The fourth-order valence-corrected chi connectivity index (χ4v) is 4.29. The van der Waals surface area contributed by atoms with Crippen LogP contribution in [0.4, 0.5) is 6.01 Å². The molecular formula is C13H16N4O4S2. The fraction of sp³-hybridized carbons (Fsp3) is 0.462. The van der Waals surface area contributed by atoms with Crippen molar-refractivity contribution in [2.24, 2.45) is 0 Å². The summed E-state index contributed by atoms with van der Waals surface area (Å²) < 4.78 is 30.2. The van der Waals surface area contributed by atoms with Gasteiger partial charge in [-0.25, -0.2) is 8.42 Å². The number of thiophene rings is 1. The van der Waals surface area contributed by atoms with Crippen molar-refractivity contribution in [3.8, 4) is 10.8 Å². The second-order valence-electron chi connectivity index (χ2n) is 5.26. The third-order valence-electron chi connectivity index (χ3n) is 3.57. The second kappa shape index (κ2) is 6.38. The highest BCUT2D eigenvalue weighted by molar-refractivity contribution is 7.88. The Morgan fingerprint density at radius 2 is 2.26 bits per heavy atom. The van der Waals surface area contributed by atoms with Gasteiger partial charge in [0.15, 0.2) is 0 Å². The third-order valence-corrected chi connectivity index (χ3v) is 5.72. The van der Waals surface area contributed by atoms with E-state index in [-0.39, 0.29) is 6.01 Å². The van der Waals surface area contributed by atoms with E-state index in [0.29, 0.717) is 18.9 Å². The molecule has 10 heteroatoms. The zero-order valence-corrected chi connectivity index (χ0v) is 14.1. The summed E-state index contributed by atoms with van der Waals surface area (Å²) in [6.45, 7) is 0.348. The number of carbonyl (C=O) groups excluding carboxylic acids is 1. The Hall–Kier alpha value is -1.78. The first-order chi connectivity index (χ1) is 10.9. The van der Waals surface area contributed by atoms with Crippen molar-refractivity contribution in [2.45, 2.75) is 25.3 Å². The van der Waals surface area contributed by atoms with Crippen LogP contribution in [-0.4, -0.2) is 47.7 Å². The summed E-state index contributed by atoms with van der Waals surface area (Å²) in [7, 11) is -3.44. The summed E-state index contributed by atoms with van der Waals surface area (Å²) >= 11 is 1.44. The maximum absolute atomic E-state index is 12.4. The highest BCUT2D eigenvalue weighted by atomic mass is 32.2. The molecule has 1 aliphatic heterocycles. The van der Waals surface area contributed by atoms with E-state index in [1.807, 2.05) is 17.5 Å². The average molecular weight is 356 g/mol. The SMILES string of the molecule is CS(=O)(=O)N1CCCC[C@H]1C(=O)Nc1nnc(-c2cccs2)o1. The van der Waals surface area contributed by atoms with E-state index in [1.54, 1.807) is 0 Å². The Balaban J connectivity index is 1.73. The van der Waals surface area contributed by atoms with Gasteiger partial charge in [-0.05, 0) is 24.3 Å². The van der Waals surface area contributed by atoms with Gasteiger partial charge < -0.3 is 4.42 Å². The highest BCUT2D eigenvalue weighted by Crippen LogP contribution is 2.25. The van der Waals surface area contributed by atoms with Crippen LogP contribution in [0, 0.1) is 0 Å². The summed E-state index contributed by atoms with van der Waals surface area (Å²) in [5, 5.41) is 12.1. The van der Waals surface area contributed by atoms with Crippen molar-refractivity contribution in [3.63, 3.8) is 0 Å². The Morgan fingerprint density at radius 3 is 2.96 bits per heavy atom. The van der Waals surface area contributed by atoms with Crippen molar-refractivity contribution >= 4 is 33.3 Å². The zero-order chi connectivity index (χ0) is 16.4. The molecule has 0 saturated carbocycles. The molecule has 0 bridgehead atoms. The van der Waals surface area contributed by atoms with Crippen LogP contribution >= 0.6 is 11.3 Å². The maximum Gasteiger partial charge on any atom is 0.322 e. The van der Waals surface area contributed by atoms with E-state index < -0.39 is 22.0 Å². The van der Waals surface area contributed by atoms with Gasteiger partial charge in [0, 0.05) is 6.54 Å². The van der Waals surface area contributed by atoms with E-state index in [4.69, 9.17) is 4.42 Å². The molecule has 1 atom stereocenters. The number of carbonyl (C=O) groups is 1. The molecule has 124 valence electrons. The number of rotatable bonds is 4. The second-order valence-corrected chi connectivity index (χ2v) is 8.15. The number of hydrogen-bond donors (Lipinski definition) is 1. The molecule has 1 N–H and O–H groups in total. The predicted molar refractivity (Wildman–Crippen MR) is 85.4 cm³/mol. The number of aromatic nitrogens is 2. The third kappa shape index (κ3) is 3.59. The van der Waals surface area contributed by atoms with Crippen molar-refractivity contribution in [1.82, 2.24) is 14.5 Å². The normalized spacial score (nSPS) is 19.6. The van der Waals surface area contributed by atoms with Gasteiger partial charge in [0.25, 0.3) is 5.89 Å². The van der Waals surface area contributed by atoms with Gasteiger partial charge in [-0.3, -0.25) is 10.1 Å². The first-order valence-electron chi connectivity index (χ1n) is 7.10. The number of anilines is 1. The Bertz CT molecular complexity index is 785. The summed E-state index contributed by atoms with van der Waals surface area (Å²) in [5.41, 5.74) is 0. The molecule has 8 nitrogen and oxygen atoms in total. The Kier molecular flexibility index (Phi) is 4.46. The van der Waals surface area contributed by atoms with Gasteiger partial charge in [-0.15, -0.1) is 16.4 Å². The van der Waals surface area contributed by atoms with Crippen LogP contribution in [0.5, 0.6) is 0 Å². The largest absolute Gasteiger partial charge is 0.402 e. The standard InChI is InChI=1S/C13H16N4O4S2/c1-23(19,20)17-7-3-2-5-9(17)11(18)14-13-16-15-12(21-13)10-6-4-8-22-10/h4,6,8-9H,2-3,5,7H2,1H3,(H,14,16,18)/t9-/m0/s1.